The molecular formula is C13H18BrFN2. The highest BCUT2D eigenvalue weighted by Gasteiger charge is 2.16. The van der Waals surface area contributed by atoms with Crippen molar-refractivity contribution in [2.75, 3.05) is 31.6 Å². The van der Waals surface area contributed by atoms with Gasteiger partial charge in [0.05, 0.1) is 5.69 Å². The Morgan fingerprint density at radius 1 is 1.53 bits per heavy atom. The summed E-state index contributed by atoms with van der Waals surface area (Å²) < 4.78 is 14.6. The molecule has 2 rings (SSSR count). The molecule has 1 saturated heterocycles. The Hall–Kier alpha value is -0.610. The number of halogens is 2. The molecule has 1 aromatic carbocycles. The topological polar surface area (TPSA) is 15.3 Å². The minimum atomic E-state index is -0.153. The average molecular weight is 301 g/mol. The fourth-order valence-electron chi connectivity index (χ4n) is 2.24. The van der Waals surface area contributed by atoms with Gasteiger partial charge in [0.25, 0.3) is 0 Å². The fraction of sp³-hybridized carbons (Fsp3) is 0.538. The second-order valence-electron chi connectivity index (χ2n) is 4.66. The summed E-state index contributed by atoms with van der Waals surface area (Å²) in [5.74, 6) is 0.591. The van der Waals surface area contributed by atoms with E-state index in [0.717, 1.165) is 36.4 Å². The summed E-state index contributed by atoms with van der Waals surface area (Å²) in [4.78, 5) is 2.00. The molecule has 94 valence electrons. The first kappa shape index (κ1) is 12.8. The van der Waals surface area contributed by atoms with Gasteiger partial charge in [-0.1, -0.05) is 15.9 Å². The summed E-state index contributed by atoms with van der Waals surface area (Å²) in [7, 11) is 1.95. The van der Waals surface area contributed by atoms with Crippen molar-refractivity contribution in [3.8, 4) is 0 Å². The van der Waals surface area contributed by atoms with Crippen LogP contribution in [0.1, 0.15) is 12.8 Å². The first-order valence-electron chi connectivity index (χ1n) is 6.03. The largest absolute Gasteiger partial charge is 0.372 e. The van der Waals surface area contributed by atoms with Crippen LogP contribution >= 0.6 is 15.9 Å². The van der Waals surface area contributed by atoms with Crippen LogP contribution in [0.2, 0.25) is 0 Å². The van der Waals surface area contributed by atoms with Crippen LogP contribution in [-0.4, -0.2) is 26.7 Å². The van der Waals surface area contributed by atoms with Crippen molar-refractivity contribution in [3.63, 3.8) is 0 Å². The van der Waals surface area contributed by atoms with Crippen LogP contribution in [0.4, 0.5) is 10.1 Å². The minimum absolute atomic E-state index is 0.153. The summed E-state index contributed by atoms with van der Waals surface area (Å²) in [6, 6.07) is 5.07. The molecule has 0 aromatic heterocycles. The van der Waals surface area contributed by atoms with Crippen LogP contribution in [0.25, 0.3) is 0 Å². The summed E-state index contributed by atoms with van der Waals surface area (Å²) >= 11 is 3.38. The Bertz CT molecular complexity index is 378. The predicted molar refractivity (Wildman–Crippen MR) is 73.0 cm³/mol. The van der Waals surface area contributed by atoms with Crippen LogP contribution in [0.5, 0.6) is 0 Å². The van der Waals surface area contributed by atoms with E-state index in [-0.39, 0.29) is 5.82 Å². The zero-order chi connectivity index (χ0) is 12.3. The third kappa shape index (κ3) is 3.42. The lowest BCUT2D eigenvalue weighted by atomic mass is 10.0. The van der Waals surface area contributed by atoms with Crippen LogP contribution in [0, 0.1) is 11.7 Å². The van der Waals surface area contributed by atoms with Gasteiger partial charge in [0, 0.05) is 18.1 Å². The van der Waals surface area contributed by atoms with Gasteiger partial charge in [0.1, 0.15) is 5.82 Å². The van der Waals surface area contributed by atoms with Gasteiger partial charge in [0.2, 0.25) is 0 Å². The Balaban J connectivity index is 1.93. The maximum Gasteiger partial charge on any atom is 0.146 e. The van der Waals surface area contributed by atoms with Crippen molar-refractivity contribution in [1.82, 2.24) is 5.32 Å². The molecule has 0 amide bonds. The SMILES string of the molecule is CN(CCC1CCNC1)c1cc(Br)ccc1F. The average Bonchev–Trinajstić information content (AvgIpc) is 2.82. The Morgan fingerprint density at radius 2 is 2.35 bits per heavy atom. The molecule has 0 aliphatic carbocycles. The summed E-state index contributed by atoms with van der Waals surface area (Å²) in [6.45, 7) is 3.13. The van der Waals surface area contributed by atoms with Gasteiger partial charge in [-0.05, 0) is 50.0 Å². The molecule has 4 heteroatoms. The van der Waals surface area contributed by atoms with E-state index in [9.17, 15) is 4.39 Å². The molecule has 1 heterocycles. The van der Waals surface area contributed by atoms with Crippen LogP contribution in [0.3, 0.4) is 0 Å². The van der Waals surface area contributed by atoms with Gasteiger partial charge in [-0.15, -0.1) is 0 Å². The highest BCUT2D eigenvalue weighted by molar-refractivity contribution is 9.10. The number of nitrogens with one attached hydrogen (secondary N) is 1. The normalized spacial score (nSPS) is 19.6. The van der Waals surface area contributed by atoms with Gasteiger partial charge in [-0.25, -0.2) is 4.39 Å². The molecule has 1 aliphatic rings. The van der Waals surface area contributed by atoms with Crippen molar-refractivity contribution >= 4 is 21.6 Å². The first-order chi connectivity index (χ1) is 8.16. The van der Waals surface area contributed by atoms with Gasteiger partial charge in [-0.2, -0.15) is 0 Å². The van der Waals surface area contributed by atoms with Gasteiger partial charge < -0.3 is 10.2 Å². The smallest absolute Gasteiger partial charge is 0.146 e. The number of hydrogen-bond donors (Lipinski definition) is 1. The van der Waals surface area contributed by atoms with Crippen molar-refractivity contribution in [2.45, 2.75) is 12.8 Å². The minimum Gasteiger partial charge on any atom is -0.372 e. The Kier molecular flexibility index (Phi) is 4.40. The number of hydrogen-bond acceptors (Lipinski definition) is 2. The Morgan fingerprint density at radius 3 is 3.06 bits per heavy atom. The number of anilines is 1. The first-order valence-corrected chi connectivity index (χ1v) is 6.83. The molecular weight excluding hydrogens is 283 g/mol. The zero-order valence-electron chi connectivity index (χ0n) is 10.0. The van der Waals surface area contributed by atoms with E-state index in [0.29, 0.717) is 5.69 Å². The molecule has 0 bridgehead atoms. The van der Waals surface area contributed by atoms with Crippen LogP contribution < -0.4 is 10.2 Å². The van der Waals surface area contributed by atoms with Crippen molar-refractivity contribution in [1.29, 1.82) is 0 Å². The van der Waals surface area contributed by atoms with Crippen LogP contribution in [0.15, 0.2) is 22.7 Å². The predicted octanol–water partition coefficient (Wildman–Crippen LogP) is 3.02. The van der Waals surface area contributed by atoms with Crippen molar-refractivity contribution in [2.24, 2.45) is 5.92 Å². The second kappa shape index (κ2) is 5.83. The molecule has 1 aliphatic heterocycles. The van der Waals surface area contributed by atoms with E-state index < -0.39 is 0 Å². The Labute approximate surface area is 110 Å². The lowest BCUT2D eigenvalue weighted by molar-refractivity contribution is 0.530. The summed E-state index contributed by atoms with van der Waals surface area (Å²) in [5.41, 5.74) is 0.672. The van der Waals surface area contributed by atoms with E-state index in [1.54, 1.807) is 6.07 Å². The van der Waals surface area contributed by atoms with Crippen LogP contribution in [-0.2, 0) is 0 Å². The molecule has 1 N–H and O–H groups in total. The third-order valence-corrected chi connectivity index (χ3v) is 3.85. The lowest BCUT2D eigenvalue weighted by Crippen LogP contribution is -2.22. The molecule has 1 atom stereocenters. The number of nitrogens with zero attached hydrogens (tertiary/aromatic N) is 1. The van der Waals surface area contributed by atoms with E-state index >= 15 is 0 Å². The second-order valence-corrected chi connectivity index (χ2v) is 5.58. The van der Waals surface area contributed by atoms with E-state index in [2.05, 4.69) is 21.2 Å². The number of rotatable bonds is 4. The monoisotopic (exact) mass is 300 g/mol. The molecule has 2 nitrogen and oxygen atoms in total. The molecule has 1 fully saturated rings. The van der Waals surface area contributed by atoms with Gasteiger partial charge >= 0.3 is 0 Å². The molecule has 1 aromatic rings. The molecule has 0 spiro atoms. The summed E-state index contributed by atoms with van der Waals surface area (Å²) in [5, 5.41) is 3.36. The maximum absolute atomic E-state index is 13.6. The molecule has 1 unspecified atom stereocenters. The third-order valence-electron chi connectivity index (χ3n) is 3.35. The van der Waals surface area contributed by atoms with Gasteiger partial charge in [-0.3, -0.25) is 0 Å². The highest BCUT2D eigenvalue weighted by atomic mass is 79.9. The zero-order valence-corrected chi connectivity index (χ0v) is 11.6. The molecule has 0 radical (unpaired) electrons. The maximum atomic E-state index is 13.6. The lowest BCUT2D eigenvalue weighted by Gasteiger charge is -2.21. The molecule has 17 heavy (non-hydrogen) atoms. The van der Waals surface area contributed by atoms with E-state index in [1.807, 2.05) is 18.0 Å². The van der Waals surface area contributed by atoms with Gasteiger partial charge in [0.15, 0.2) is 0 Å². The quantitative estimate of drug-likeness (QED) is 0.919. The van der Waals surface area contributed by atoms with Crippen molar-refractivity contribution in [3.05, 3.63) is 28.5 Å². The van der Waals surface area contributed by atoms with Crippen molar-refractivity contribution < 1.29 is 4.39 Å². The summed E-state index contributed by atoms with van der Waals surface area (Å²) in [6.07, 6.45) is 2.37. The van der Waals surface area contributed by atoms with E-state index in [4.69, 9.17) is 0 Å². The fourth-order valence-corrected chi connectivity index (χ4v) is 2.58. The molecule has 0 saturated carbocycles. The number of benzene rings is 1. The highest BCUT2D eigenvalue weighted by Crippen LogP contribution is 2.24. The van der Waals surface area contributed by atoms with E-state index in [1.165, 1.54) is 12.5 Å². The standard InChI is InChI=1S/C13H18BrFN2/c1-17(7-5-10-4-6-16-9-10)13-8-11(14)2-3-12(13)15/h2-3,8,10,16H,4-7,9H2,1H3.